The first-order valence-corrected chi connectivity index (χ1v) is 10.1. The van der Waals surface area contributed by atoms with Crippen LogP contribution < -0.4 is 15.3 Å². The Morgan fingerprint density at radius 2 is 1.79 bits per heavy atom. The van der Waals surface area contributed by atoms with E-state index in [-0.39, 0.29) is 16.3 Å². The Morgan fingerprint density at radius 3 is 2.32 bits per heavy atom. The van der Waals surface area contributed by atoms with Gasteiger partial charge in [-0.2, -0.15) is 27.2 Å². The zero-order valence-corrected chi connectivity index (χ0v) is 15.5. The number of amidine groups is 1. The van der Waals surface area contributed by atoms with Gasteiger partial charge in [0.2, 0.25) is 5.71 Å². The van der Waals surface area contributed by atoms with Crippen LogP contribution in [0.15, 0.2) is 63.4 Å². The summed E-state index contributed by atoms with van der Waals surface area (Å²) in [7, 11) is -8.90. The summed E-state index contributed by atoms with van der Waals surface area (Å²) >= 11 is 0. The number of nitriles is 1. The number of benzene rings is 2. The van der Waals surface area contributed by atoms with E-state index < -0.39 is 36.7 Å². The summed E-state index contributed by atoms with van der Waals surface area (Å²) in [4.78, 5) is -0.749. The summed E-state index contributed by atoms with van der Waals surface area (Å²) in [6.45, 7) is 0. The van der Waals surface area contributed by atoms with Gasteiger partial charge in [0.15, 0.2) is 11.6 Å². The Morgan fingerprint density at radius 1 is 1.14 bits per heavy atom. The SMILES string of the molecule is N#C/C(=N\Nc1cc(S(=O)(=O)O)ccc1OS(=O)(=O)c1ccccc1)C(=N)N. The van der Waals surface area contributed by atoms with Gasteiger partial charge in [0, 0.05) is 0 Å². The van der Waals surface area contributed by atoms with Crippen LogP contribution in [0.4, 0.5) is 5.69 Å². The summed E-state index contributed by atoms with van der Waals surface area (Å²) in [5.74, 6) is -1.05. The van der Waals surface area contributed by atoms with Crippen LogP contribution in [0.1, 0.15) is 0 Å². The second kappa shape index (κ2) is 8.05. The molecule has 0 saturated carbocycles. The Hall–Kier alpha value is -3.47. The Kier molecular flexibility index (Phi) is 5.99. The van der Waals surface area contributed by atoms with Crippen LogP contribution in [0, 0.1) is 16.7 Å². The molecular weight excluding hydrogens is 410 g/mol. The van der Waals surface area contributed by atoms with E-state index in [1.54, 1.807) is 6.07 Å². The third-order valence-corrected chi connectivity index (χ3v) is 5.23. The zero-order chi connectivity index (χ0) is 20.9. The fraction of sp³-hybridized carbons (Fsp3) is 0. The first-order chi connectivity index (χ1) is 13.0. The van der Waals surface area contributed by atoms with Gasteiger partial charge in [-0.15, -0.1) is 0 Å². The molecule has 0 aromatic heterocycles. The Labute approximate surface area is 160 Å². The second-order valence-corrected chi connectivity index (χ2v) is 8.05. The molecule has 0 radical (unpaired) electrons. The standard InChI is InChI=1S/C15H13N5O6S2/c16-9-13(15(17)18)20-19-12-8-11(27(21,22)23)6-7-14(12)26-28(24,25)10-4-2-1-3-5-10/h1-8,19H,(H3,17,18)(H,21,22,23)/b20-13+. The molecule has 0 unspecified atom stereocenters. The number of hydrogen-bond acceptors (Lipinski definition) is 9. The number of hydrazone groups is 1. The van der Waals surface area contributed by atoms with E-state index >= 15 is 0 Å². The number of rotatable bonds is 7. The molecule has 0 atom stereocenters. The largest absolute Gasteiger partial charge is 0.382 e. The quantitative estimate of drug-likeness (QED) is 0.164. The van der Waals surface area contributed by atoms with Crippen molar-refractivity contribution >= 4 is 37.5 Å². The van der Waals surface area contributed by atoms with Crippen molar-refractivity contribution in [2.75, 3.05) is 5.43 Å². The third-order valence-electron chi connectivity index (χ3n) is 3.13. The fourth-order valence-corrected chi connectivity index (χ4v) is 3.32. The predicted octanol–water partition coefficient (Wildman–Crippen LogP) is 0.928. The highest BCUT2D eigenvalue weighted by molar-refractivity contribution is 7.87. The van der Waals surface area contributed by atoms with Gasteiger partial charge < -0.3 is 9.92 Å². The molecule has 13 heteroatoms. The van der Waals surface area contributed by atoms with E-state index in [0.29, 0.717) is 0 Å². The molecule has 0 bridgehead atoms. The highest BCUT2D eigenvalue weighted by Gasteiger charge is 2.20. The van der Waals surface area contributed by atoms with Crippen LogP contribution in [-0.2, 0) is 20.2 Å². The van der Waals surface area contributed by atoms with Crippen molar-refractivity contribution in [1.29, 1.82) is 10.7 Å². The van der Waals surface area contributed by atoms with Gasteiger partial charge in [0.1, 0.15) is 16.7 Å². The normalized spacial score (nSPS) is 12.1. The Bertz CT molecular complexity index is 1190. The molecule has 0 amide bonds. The number of hydrogen-bond donors (Lipinski definition) is 4. The summed E-state index contributed by atoms with van der Waals surface area (Å²) < 4.78 is 61.6. The van der Waals surface area contributed by atoms with Crippen molar-refractivity contribution < 1.29 is 25.6 Å². The number of nitrogens with one attached hydrogen (secondary N) is 2. The molecule has 28 heavy (non-hydrogen) atoms. The van der Waals surface area contributed by atoms with Crippen molar-refractivity contribution in [2.45, 2.75) is 9.79 Å². The molecule has 0 aliphatic carbocycles. The molecule has 0 spiro atoms. The topological polar surface area (TPSA) is 196 Å². The van der Waals surface area contributed by atoms with Gasteiger partial charge in [-0.3, -0.25) is 15.4 Å². The third kappa shape index (κ3) is 5.04. The second-order valence-electron chi connectivity index (χ2n) is 5.08. The Balaban J connectivity index is 2.52. The van der Waals surface area contributed by atoms with E-state index in [9.17, 15) is 16.8 Å². The maximum atomic E-state index is 12.4. The van der Waals surface area contributed by atoms with Crippen LogP contribution in [0.5, 0.6) is 5.75 Å². The number of nitrogens with two attached hydrogens (primary N) is 1. The van der Waals surface area contributed by atoms with Gasteiger partial charge in [-0.05, 0) is 30.3 Å². The van der Waals surface area contributed by atoms with Gasteiger partial charge in [0.25, 0.3) is 10.1 Å². The molecule has 0 aliphatic heterocycles. The minimum Gasteiger partial charge on any atom is -0.382 e. The van der Waals surface area contributed by atoms with Crippen molar-refractivity contribution in [3.63, 3.8) is 0 Å². The average molecular weight is 423 g/mol. The zero-order valence-electron chi connectivity index (χ0n) is 13.9. The molecule has 11 nitrogen and oxygen atoms in total. The monoisotopic (exact) mass is 423 g/mol. The minimum absolute atomic E-state index is 0.162. The van der Waals surface area contributed by atoms with Crippen LogP contribution in [0.3, 0.4) is 0 Å². The highest BCUT2D eigenvalue weighted by atomic mass is 32.2. The summed E-state index contributed by atoms with van der Waals surface area (Å²) in [6.07, 6.45) is 0. The number of nitrogens with zero attached hydrogens (tertiary/aromatic N) is 2. The van der Waals surface area contributed by atoms with Crippen LogP contribution in [0.25, 0.3) is 0 Å². The molecule has 146 valence electrons. The van der Waals surface area contributed by atoms with Gasteiger partial charge >= 0.3 is 10.1 Å². The molecule has 0 aliphatic rings. The molecule has 0 heterocycles. The first-order valence-electron chi connectivity index (χ1n) is 7.24. The van der Waals surface area contributed by atoms with Crippen LogP contribution in [-0.4, -0.2) is 32.9 Å². The van der Waals surface area contributed by atoms with E-state index in [2.05, 4.69) is 10.5 Å². The lowest BCUT2D eigenvalue weighted by Gasteiger charge is -2.12. The minimum atomic E-state index is -4.62. The maximum Gasteiger partial charge on any atom is 0.339 e. The average Bonchev–Trinajstić information content (AvgIpc) is 2.62. The molecular formula is C15H13N5O6S2. The lowest BCUT2D eigenvalue weighted by molar-refractivity contribution is 0.482. The molecule has 2 rings (SSSR count). The van der Waals surface area contributed by atoms with E-state index in [0.717, 1.165) is 18.2 Å². The molecule has 5 N–H and O–H groups in total. The number of anilines is 1. The summed E-state index contributed by atoms with van der Waals surface area (Å²) in [5.41, 5.74) is 6.50. The summed E-state index contributed by atoms with van der Waals surface area (Å²) in [5, 5.41) is 19.6. The first kappa shape index (κ1) is 20.8. The molecule has 0 saturated heterocycles. The van der Waals surface area contributed by atoms with Crippen molar-refractivity contribution in [2.24, 2.45) is 10.8 Å². The van der Waals surface area contributed by atoms with Crippen molar-refractivity contribution in [1.82, 2.24) is 0 Å². The van der Waals surface area contributed by atoms with Crippen molar-refractivity contribution in [3.05, 3.63) is 48.5 Å². The van der Waals surface area contributed by atoms with Crippen LogP contribution >= 0.6 is 0 Å². The van der Waals surface area contributed by atoms with Crippen molar-refractivity contribution in [3.8, 4) is 11.8 Å². The predicted molar refractivity (Wildman–Crippen MR) is 99.1 cm³/mol. The van der Waals surface area contributed by atoms with Gasteiger partial charge in [-0.1, -0.05) is 18.2 Å². The van der Waals surface area contributed by atoms with E-state index in [1.807, 2.05) is 0 Å². The molecule has 0 fully saturated rings. The summed E-state index contributed by atoms with van der Waals surface area (Å²) in [6, 6.07) is 11.4. The smallest absolute Gasteiger partial charge is 0.339 e. The van der Waals surface area contributed by atoms with E-state index in [4.69, 9.17) is 25.1 Å². The van der Waals surface area contributed by atoms with E-state index in [1.165, 1.54) is 30.3 Å². The van der Waals surface area contributed by atoms with Gasteiger partial charge in [-0.25, -0.2) is 0 Å². The van der Waals surface area contributed by atoms with Crippen LogP contribution in [0.2, 0.25) is 0 Å². The highest BCUT2D eigenvalue weighted by Crippen LogP contribution is 2.30. The molecule has 2 aromatic rings. The lowest BCUT2D eigenvalue weighted by Crippen LogP contribution is -2.22. The van der Waals surface area contributed by atoms with Gasteiger partial charge in [0.05, 0.1) is 4.90 Å². The fourth-order valence-electron chi connectivity index (χ4n) is 1.84. The lowest BCUT2D eigenvalue weighted by atomic mass is 10.3. The molecule has 2 aromatic carbocycles. The maximum absolute atomic E-state index is 12.4.